The zero-order chi connectivity index (χ0) is 20.0. The van der Waals surface area contributed by atoms with Gasteiger partial charge in [0.1, 0.15) is 0 Å². The Kier molecular flexibility index (Phi) is 3.78. The largest absolute Gasteiger partial charge is 0.415 e. The lowest BCUT2D eigenvalue weighted by molar-refractivity contribution is -0.557. The molecular weight excluding hydrogens is 400 g/mol. The molecule has 0 saturated heterocycles. The summed E-state index contributed by atoms with van der Waals surface area (Å²) in [5, 5.41) is 0. The summed E-state index contributed by atoms with van der Waals surface area (Å²) in [5.41, 5.74) is -8.48. The minimum Gasteiger partial charge on any atom is -0.198 e. The fraction of sp³-hybridized carbons (Fsp3) is 1.00. The summed E-state index contributed by atoms with van der Waals surface area (Å²) in [4.78, 5) is 0. The first-order valence-electron chi connectivity index (χ1n) is 5.02. The maximum atomic E-state index is 13.1. The van der Waals surface area contributed by atoms with Crippen LogP contribution in [0.2, 0.25) is 0 Å². The summed E-state index contributed by atoms with van der Waals surface area (Å²) < 4.78 is 204. The average Bonchev–Trinajstić information content (AvgIpc) is 2.21. The summed E-state index contributed by atoms with van der Waals surface area (Å²) in [7, 11) is 0. The second kappa shape index (κ2) is 4.34. The van der Waals surface area contributed by atoms with E-state index in [4.69, 9.17) is 0 Å². The Morgan fingerprint density at radius 1 is 0.333 bits per heavy atom. The molecule has 0 bridgehead atoms. The SMILES string of the molecule is FC(F)(F)C1(C(F)(F)F)C(F)(F)C(F)(F)C(F)(F)C(F)(F)C1(F)F. The average molecular weight is 400 g/mol. The van der Waals surface area contributed by atoms with Gasteiger partial charge in [-0.3, -0.25) is 0 Å². The minimum atomic E-state index is -8.48. The van der Waals surface area contributed by atoms with Crippen molar-refractivity contribution < 1.29 is 70.2 Å². The maximum absolute atomic E-state index is 13.1. The summed E-state index contributed by atoms with van der Waals surface area (Å²) >= 11 is 0. The van der Waals surface area contributed by atoms with E-state index in [-0.39, 0.29) is 0 Å². The molecule has 0 spiro atoms. The number of hydrogen-bond donors (Lipinski definition) is 0. The van der Waals surface area contributed by atoms with Gasteiger partial charge in [-0.2, -0.15) is 70.2 Å². The van der Waals surface area contributed by atoms with Crippen molar-refractivity contribution in [1.82, 2.24) is 0 Å². The molecule has 0 N–H and O–H groups in total. The maximum Gasteiger partial charge on any atom is 0.415 e. The van der Waals surface area contributed by atoms with Crippen LogP contribution in [0, 0.1) is 5.41 Å². The molecule has 24 heavy (non-hydrogen) atoms. The smallest absolute Gasteiger partial charge is 0.198 e. The van der Waals surface area contributed by atoms with E-state index in [1.807, 2.05) is 0 Å². The zero-order valence-electron chi connectivity index (χ0n) is 10.0. The van der Waals surface area contributed by atoms with Crippen LogP contribution in [0.1, 0.15) is 0 Å². The molecule has 0 nitrogen and oxygen atoms in total. The molecule has 0 atom stereocenters. The highest BCUT2D eigenvalue weighted by Crippen LogP contribution is 2.78. The third-order valence-electron chi connectivity index (χ3n) is 3.37. The normalized spacial score (nSPS) is 30.0. The number of hydrogen-bond acceptors (Lipinski definition) is 0. The Bertz CT molecular complexity index is 471. The summed E-state index contributed by atoms with van der Waals surface area (Å²) in [6.07, 6.45) is -16.4. The van der Waals surface area contributed by atoms with E-state index < -0.39 is 47.4 Å². The minimum absolute atomic E-state index is 7.94. The molecule has 0 aromatic rings. The number of alkyl halides is 16. The van der Waals surface area contributed by atoms with Crippen molar-refractivity contribution in [3.8, 4) is 0 Å². The van der Waals surface area contributed by atoms with Gasteiger partial charge in [-0.1, -0.05) is 0 Å². The molecule has 1 aliphatic carbocycles. The predicted octanol–water partition coefficient (Wildman–Crippen LogP) is 5.29. The van der Waals surface area contributed by atoms with Gasteiger partial charge in [0.15, 0.2) is 0 Å². The summed E-state index contributed by atoms with van der Waals surface area (Å²) in [6.45, 7) is 0. The van der Waals surface area contributed by atoms with Crippen LogP contribution < -0.4 is 0 Å². The van der Waals surface area contributed by atoms with Crippen molar-refractivity contribution in [3.05, 3.63) is 0 Å². The van der Waals surface area contributed by atoms with Crippen LogP contribution >= 0.6 is 0 Å². The predicted molar refractivity (Wildman–Crippen MR) is 39.3 cm³/mol. The monoisotopic (exact) mass is 400 g/mol. The molecule has 0 aliphatic heterocycles. The highest BCUT2D eigenvalue weighted by atomic mass is 19.4. The van der Waals surface area contributed by atoms with E-state index in [1.165, 1.54) is 0 Å². The molecule has 1 aliphatic rings. The topological polar surface area (TPSA) is 0 Å². The quantitative estimate of drug-likeness (QED) is 0.485. The fourth-order valence-electron chi connectivity index (χ4n) is 2.13. The Labute approximate surface area is 119 Å². The number of rotatable bonds is 0. The van der Waals surface area contributed by atoms with Gasteiger partial charge in [0.2, 0.25) is 0 Å². The van der Waals surface area contributed by atoms with Crippen LogP contribution in [-0.2, 0) is 0 Å². The molecule has 144 valence electrons. The van der Waals surface area contributed by atoms with Gasteiger partial charge >= 0.3 is 42.0 Å². The molecule has 1 fully saturated rings. The standard InChI is InChI=1S/C8F16/c9-2(10)1(7(19,20)21,8(22,23)24)3(11,12)5(15,16)6(17,18)4(2,13)14. The van der Waals surface area contributed by atoms with Crippen LogP contribution in [0.5, 0.6) is 0 Å². The lowest BCUT2D eigenvalue weighted by atomic mass is 9.62. The molecule has 0 aromatic carbocycles. The van der Waals surface area contributed by atoms with Crippen molar-refractivity contribution in [2.75, 3.05) is 0 Å². The Hall–Kier alpha value is -1.12. The van der Waals surface area contributed by atoms with Gasteiger partial charge in [-0.25, -0.2) is 0 Å². The van der Waals surface area contributed by atoms with E-state index in [0.29, 0.717) is 0 Å². The van der Waals surface area contributed by atoms with E-state index in [2.05, 4.69) is 0 Å². The van der Waals surface area contributed by atoms with E-state index in [9.17, 15) is 70.2 Å². The van der Waals surface area contributed by atoms with Crippen molar-refractivity contribution in [1.29, 1.82) is 0 Å². The van der Waals surface area contributed by atoms with E-state index in [0.717, 1.165) is 0 Å². The lowest BCUT2D eigenvalue weighted by Crippen LogP contribution is -2.87. The first-order chi connectivity index (χ1) is 10.0. The molecule has 0 radical (unpaired) electrons. The van der Waals surface area contributed by atoms with Gasteiger partial charge in [0, 0.05) is 0 Å². The van der Waals surface area contributed by atoms with Gasteiger partial charge in [-0.15, -0.1) is 0 Å². The van der Waals surface area contributed by atoms with Crippen molar-refractivity contribution in [2.45, 2.75) is 42.0 Å². The molecular formula is C8F16. The van der Waals surface area contributed by atoms with Gasteiger partial charge in [-0.05, 0) is 0 Å². The van der Waals surface area contributed by atoms with Gasteiger partial charge in [0.25, 0.3) is 5.41 Å². The van der Waals surface area contributed by atoms with Crippen LogP contribution in [0.3, 0.4) is 0 Å². The molecule has 1 saturated carbocycles. The first-order valence-corrected chi connectivity index (χ1v) is 5.02. The third-order valence-corrected chi connectivity index (χ3v) is 3.37. The Morgan fingerprint density at radius 2 is 0.500 bits per heavy atom. The fourth-order valence-corrected chi connectivity index (χ4v) is 2.13. The molecule has 0 amide bonds. The Morgan fingerprint density at radius 3 is 0.667 bits per heavy atom. The van der Waals surface area contributed by atoms with Crippen molar-refractivity contribution in [2.24, 2.45) is 5.41 Å². The molecule has 0 unspecified atom stereocenters. The second-order valence-electron chi connectivity index (χ2n) is 4.62. The summed E-state index contributed by atoms with van der Waals surface area (Å²) in [6, 6.07) is 0. The van der Waals surface area contributed by atoms with E-state index in [1.54, 1.807) is 0 Å². The highest BCUT2D eigenvalue weighted by molar-refractivity contribution is 5.28. The Balaban J connectivity index is 4.23. The van der Waals surface area contributed by atoms with Crippen molar-refractivity contribution >= 4 is 0 Å². The molecule has 0 aromatic heterocycles. The highest BCUT2D eigenvalue weighted by Gasteiger charge is 3.09. The zero-order valence-corrected chi connectivity index (χ0v) is 10.0. The molecule has 16 heteroatoms. The van der Waals surface area contributed by atoms with Crippen LogP contribution in [0.15, 0.2) is 0 Å². The van der Waals surface area contributed by atoms with Crippen LogP contribution in [0.4, 0.5) is 70.2 Å². The lowest BCUT2D eigenvalue weighted by Gasteiger charge is -2.56. The summed E-state index contributed by atoms with van der Waals surface area (Å²) in [5.74, 6) is -41.0. The van der Waals surface area contributed by atoms with Crippen molar-refractivity contribution in [3.63, 3.8) is 0 Å². The van der Waals surface area contributed by atoms with Crippen LogP contribution in [-0.4, -0.2) is 42.0 Å². The number of halogens is 16. The van der Waals surface area contributed by atoms with Crippen LogP contribution in [0.25, 0.3) is 0 Å². The van der Waals surface area contributed by atoms with E-state index >= 15 is 0 Å². The van der Waals surface area contributed by atoms with Gasteiger partial charge < -0.3 is 0 Å². The molecule has 1 rings (SSSR count). The first kappa shape index (κ1) is 20.9. The second-order valence-corrected chi connectivity index (χ2v) is 4.62. The molecule has 0 heterocycles. The third kappa shape index (κ3) is 1.64. The van der Waals surface area contributed by atoms with Gasteiger partial charge in [0.05, 0.1) is 0 Å².